The van der Waals surface area contributed by atoms with Crippen LogP contribution in [0.2, 0.25) is 0 Å². The van der Waals surface area contributed by atoms with E-state index < -0.39 is 10.0 Å². The SMILES string of the molecule is O=S(=O)(CC1CCCO1)NCc1cc[nH]c1. The van der Waals surface area contributed by atoms with Gasteiger partial charge in [0.05, 0.1) is 11.9 Å². The number of aromatic amines is 1. The molecule has 0 aromatic carbocycles. The van der Waals surface area contributed by atoms with Crippen LogP contribution in [-0.2, 0) is 21.3 Å². The zero-order valence-electron chi connectivity index (χ0n) is 8.98. The van der Waals surface area contributed by atoms with E-state index in [4.69, 9.17) is 4.74 Å². The molecular formula is C10H16N2O3S. The highest BCUT2D eigenvalue weighted by atomic mass is 32.2. The number of aromatic nitrogens is 1. The lowest BCUT2D eigenvalue weighted by Gasteiger charge is -2.10. The van der Waals surface area contributed by atoms with E-state index in [1.807, 2.05) is 6.07 Å². The van der Waals surface area contributed by atoms with Gasteiger partial charge in [-0.05, 0) is 24.5 Å². The maximum atomic E-state index is 11.7. The van der Waals surface area contributed by atoms with Gasteiger partial charge in [-0.1, -0.05) is 0 Å². The lowest BCUT2D eigenvalue weighted by atomic mass is 10.3. The first kappa shape index (κ1) is 11.6. The van der Waals surface area contributed by atoms with Gasteiger partial charge in [-0.15, -0.1) is 0 Å². The van der Waals surface area contributed by atoms with Crippen molar-refractivity contribution in [3.63, 3.8) is 0 Å². The summed E-state index contributed by atoms with van der Waals surface area (Å²) in [6.45, 7) is 1.01. The van der Waals surface area contributed by atoms with E-state index in [2.05, 4.69) is 9.71 Å². The second-order valence-corrected chi connectivity index (χ2v) is 5.81. The highest BCUT2D eigenvalue weighted by Gasteiger charge is 2.22. The molecule has 6 heteroatoms. The highest BCUT2D eigenvalue weighted by molar-refractivity contribution is 7.89. The van der Waals surface area contributed by atoms with Gasteiger partial charge in [-0.2, -0.15) is 0 Å². The minimum Gasteiger partial charge on any atom is -0.377 e. The third kappa shape index (κ3) is 3.33. The molecule has 0 aliphatic carbocycles. The molecule has 1 atom stereocenters. The third-order valence-electron chi connectivity index (χ3n) is 2.59. The van der Waals surface area contributed by atoms with Crippen molar-refractivity contribution in [1.29, 1.82) is 0 Å². The van der Waals surface area contributed by atoms with Gasteiger partial charge in [0.15, 0.2) is 0 Å². The molecule has 2 rings (SSSR count). The summed E-state index contributed by atoms with van der Waals surface area (Å²) in [6.07, 6.45) is 5.20. The number of hydrogen-bond acceptors (Lipinski definition) is 3. The van der Waals surface area contributed by atoms with Gasteiger partial charge in [-0.25, -0.2) is 13.1 Å². The van der Waals surface area contributed by atoms with E-state index in [0.717, 1.165) is 18.4 Å². The van der Waals surface area contributed by atoms with Crippen molar-refractivity contribution in [1.82, 2.24) is 9.71 Å². The number of nitrogens with one attached hydrogen (secondary N) is 2. The van der Waals surface area contributed by atoms with Gasteiger partial charge < -0.3 is 9.72 Å². The molecule has 0 bridgehead atoms. The minimum absolute atomic E-state index is 0.0669. The summed E-state index contributed by atoms with van der Waals surface area (Å²) in [5.74, 6) is 0.0669. The van der Waals surface area contributed by atoms with Gasteiger partial charge in [0, 0.05) is 25.5 Å². The van der Waals surface area contributed by atoms with Crippen LogP contribution in [0.25, 0.3) is 0 Å². The van der Waals surface area contributed by atoms with E-state index in [-0.39, 0.29) is 11.9 Å². The van der Waals surface area contributed by atoms with Gasteiger partial charge in [0.2, 0.25) is 10.0 Å². The quantitative estimate of drug-likeness (QED) is 0.797. The zero-order chi connectivity index (χ0) is 11.4. The van der Waals surface area contributed by atoms with Crippen LogP contribution in [0, 0.1) is 0 Å². The maximum absolute atomic E-state index is 11.7. The monoisotopic (exact) mass is 244 g/mol. The van der Waals surface area contributed by atoms with E-state index in [1.54, 1.807) is 12.4 Å². The summed E-state index contributed by atoms with van der Waals surface area (Å²) in [5, 5.41) is 0. The number of sulfonamides is 1. The minimum atomic E-state index is -3.23. The summed E-state index contributed by atoms with van der Waals surface area (Å²) in [6, 6.07) is 1.84. The Morgan fingerprint density at radius 1 is 1.56 bits per heavy atom. The number of ether oxygens (including phenoxy) is 1. The first-order valence-electron chi connectivity index (χ1n) is 5.36. The summed E-state index contributed by atoms with van der Waals surface area (Å²) in [7, 11) is -3.23. The molecule has 0 spiro atoms. The van der Waals surface area contributed by atoms with Crippen LogP contribution in [0.1, 0.15) is 18.4 Å². The molecule has 5 nitrogen and oxygen atoms in total. The van der Waals surface area contributed by atoms with Crippen LogP contribution in [0.5, 0.6) is 0 Å². The molecule has 0 saturated carbocycles. The standard InChI is InChI=1S/C10H16N2O3S/c13-16(14,8-10-2-1-5-15-10)12-7-9-3-4-11-6-9/h3-4,6,10-12H,1-2,5,7-8H2. The lowest BCUT2D eigenvalue weighted by Crippen LogP contribution is -2.31. The average Bonchev–Trinajstić information content (AvgIpc) is 2.85. The smallest absolute Gasteiger partial charge is 0.214 e. The van der Waals surface area contributed by atoms with Gasteiger partial charge in [0.25, 0.3) is 0 Å². The first-order valence-corrected chi connectivity index (χ1v) is 7.01. The Morgan fingerprint density at radius 2 is 2.44 bits per heavy atom. The Hall–Kier alpha value is -0.850. The fourth-order valence-electron chi connectivity index (χ4n) is 1.74. The molecule has 1 aliphatic rings. The number of hydrogen-bond donors (Lipinski definition) is 2. The third-order valence-corrected chi connectivity index (χ3v) is 3.98. The Balaban J connectivity index is 1.82. The molecule has 2 heterocycles. The second-order valence-electron chi connectivity index (χ2n) is 3.96. The molecule has 0 amide bonds. The van der Waals surface area contributed by atoms with E-state index >= 15 is 0 Å². The molecule has 16 heavy (non-hydrogen) atoms. The van der Waals surface area contributed by atoms with Crippen LogP contribution >= 0.6 is 0 Å². The fraction of sp³-hybridized carbons (Fsp3) is 0.600. The Labute approximate surface area is 95.2 Å². The first-order chi connectivity index (χ1) is 7.66. The topological polar surface area (TPSA) is 71.2 Å². The van der Waals surface area contributed by atoms with Crippen LogP contribution < -0.4 is 4.72 Å². The molecular weight excluding hydrogens is 228 g/mol. The molecule has 1 aliphatic heterocycles. The normalized spacial score (nSPS) is 21.4. The number of H-pyrrole nitrogens is 1. The van der Waals surface area contributed by atoms with Crippen LogP contribution in [-0.4, -0.2) is 31.9 Å². The van der Waals surface area contributed by atoms with Crippen molar-refractivity contribution in [2.75, 3.05) is 12.4 Å². The Kier molecular flexibility index (Phi) is 3.63. The van der Waals surface area contributed by atoms with Crippen molar-refractivity contribution < 1.29 is 13.2 Å². The van der Waals surface area contributed by atoms with Crippen molar-refractivity contribution in [2.45, 2.75) is 25.5 Å². The molecule has 1 aromatic rings. The van der Waals surface area contributed by atoms with Crippen molar-refractivity contribution in [3.05, 3.63) is 24.0 Å². The summed E-state index contributed by atoms with van der Waals surface area (Å²) < 4.78 is 31.2. The molecule has 0 radical (unpaired) electrons. The van der Waals surface area contributed by atoms with Crippen molar-refractivity contribution in [3.8, 4) is 0 Å². The zero-order valence-corrected chi connectivity index (χ0v) is 9.79. The second kappa shape index (κ2) is 4.99. The molecule has 1 saturated heterocycles. The molecule has 2 N–H and O–H groups in total. The van der Waals surface area contributed by atoms with Crippen LogP contribution in [0.3, 0.4) is 0 Å². The Morgan fingerprint density at radius 3 is 3.06 bits per heavy atom. The van der Waals surface area contributed by atoms with Crippen LogP contribution in [0.4, 0.5) is 0 Å². The van der Waals surface area contributed by atoms with Gasteiger partial charge in [-0.3, -0.25) is 0 Å². The highest BCUT2D eigenvalue weighted by Crippen LogP contribution is 2.13. The summed E-state index contributed by atoms with van der Waals surface area (Å²) >= 11 is 0. The van der Waals surface area contributed by atoms with E-state index in [0.29, 0.717) is 13.2 Å². The van der Waals surface area contributed by atoms with Crippen LogP contribution in [0.15, 0.2) is 18.5 Å². The van der Waals surface area contributed by atoms with E-state index in [9.17, 15) is 8.42 Å². The summed E-state index contributed by atoms with van der Waals surface area (Å²) in [5.41, 5.74) is 0.927. The molecule has 1 fully saturated rings. The molecule has 1 aromatic heterocycles. The maximum Gasteiger partial charge on any atom is 0.214 e. The predicted octanol–water partition coefficient (Wildman–Crippen LogP) is 0.613. The lowest BCUT2D eigenvalue weighted by molar-refractivity contribution is 0.127. The molecule has 90 valence electrons. The molecule has 1 unspecified atom stereocenters. The Bertz CT molecular complexity index is 407. The fourth-order valence-corrected chi connectivity index (χ4v) is 3.00. The average molecular weight is 244 g/mol. The van der Waals surface area contributed by atoms with E-state index in [1.165, 1.54) is 0 Å². The van der Waals surface area contributed by atoms with Gasteiger partial charge >= 0.3 is 0 Å². The van der Waals surface area contributed by atoms with Gasteiger partial charge in [0.1, 0.15) is 0 Å². The predicted molar refractivity (Wildman–Crippen MR) is 60.4 cm³/mol. The van der Waals surface area contributed by atoms with Crippen molar-refractivity contribution >= 4 is 10.0 Å². The summed E-state index contributed by atoms with van der Waals surface area (Å²) in [4.78, 5) is 2.88. The largest absolute Gasteiger partial charge is 0.377 e. The van der Waals surface area contributed by atoms with Crippen molar-refractivity contribution in [2.24, 2.45) is 0 Å². The number of rotatable bonds is 5.